The summed E-state index contributed by atoms with van der Waals surface area (Å²) in [5, 5.41) is 6.83. The lowest BCUT2D eigenvalue weighted by molar-refractivity contribution is 0.0372. The minimum absolute atomic E-state index is 0. The molecule has 1 rings (SSSR count). The molecule has 0 aliphatic carbocycles. The first-order valence-corrected chi connectivity index (χ1v) is 8.54. The number of guanidine groups is 1. The van der Waals surface area contributed by atoms with E-state index < -0.39 is 0 Å². The van der Waals surface area contributed by atoms with Crippen LogP contribution >= 0.6 is 24.0 Å². The molecular formula is C16H35IN4O. The summed E-state index contributed by atoms with van der Waals surface area (Å²) in [6.45, 7) is 11.7. The van der Waals surface area contributed by atoms with Crippen molar-refractivity contribution >= 4 is 29.9 Å². The van der Waals surface area contributed by atoms with Crippen LogP contribution in [0.4, 0.5) is 0 Å². The molecule has 1 saturated heterocycles. The summed E-state index contributed by atoms with van der Waals surface area (Å²) in [6.07, 6.45) is 4.86. The van der Waals surface area contributed by atoms with Gasteiger partial charge < -0.3 is 15.4 Å². The van der Waals surface area contributed by atoms with Gasteiger partial charge in [0.1, 0.15) is 0 Å². The van der Waals surface area contributed by atoms with Gasteiger partial charge in [0.2, 0.25) is 0 Å². The number of hydrogen-bond acceptors (Lipinski definition) is 3. The second kappa shape index (κ2) is 14.5. The third-order valence-corrected chi connectivity index (χ3v) is 4.23. The number of rotatable bonds is 9. The molecular weight excluding hydrogens is 391 g/mol. The monoisotopic (exact) mass is 426 g/mol. The summed E-state index contributed by atoms with van der Waals surface area (Å²) in [7, 11) is 1.84. The zero-order valence-corrected chi connectivity index (χ0v) is 16.9. The van der Waals surface area contributed by atoms with E-state index in [9.17, 15) is 0 Å². The highest BCUT2D eigenvalue weighted by Crippen LogP contribution is 2.04. The Morgan fingerprint density at radius 2 is 1.82 bits per heavy atom. The molecule has 5 nitrogen and oxygen atoms in total. The van der Waals surface area contributed by atoms with Crippen molar-refractivity contribution in [3.63, 3.8) is 0 Å². The summed E-state index contributed by atoms with van der Waals surface area (Å²) < 4.78 is 5.36. The van der Waals surface area contributed by atoms with Crippen molar-refractivity contribution in [2.75, 3.05) is 53.0 Å². The normalized spacial score (nSPS) is 16.5. The van der Waals surface area contributed by atoms with Gasteiger partial charge in [-0.2, -0.15) is 0 Å². The van der Waals surface area contributed by atoms with Crippen LogP contribution in [-0.2, 0) is 4.74 Å². The van der Waals surface area contributed by atoms with E-state index in [2.05, 4.69) is 34.4 Å². The van der Waals surface area contributed by atoms with E-state index in [1.165, 1.54) is 32.2 Å². The van der Waals surface area contributed by atoms with Crippen LogP contribution in [-0.4, -0.2) is 63.8 Å². The Hall–Kier alpha value is -0.0800. The fourth-order valence-corrected chi connectivity index (χ4v) is 2.53. The zero-order chi connectivity index (χ0) is 15.3. The van der Waals surface area contributed by atoms with E-state index in [0.29, 0.717) is 0 Å². The number of halogens is 1. The first-order chi connectivity index (χ1) is 10.3. The van der Waals surface area contributed by atoms with E-state index in [0.717, 1.165) is 51.3 Å². The van der Waals surface area contributed by atoms with E-state index in [4.69, 9.17) is 4.74 Å². The largest absolute Gasteiger partial charge is 0.379 e. The minimum atomic E-state index is 0. The van der Waals surface area contributed by atoms with Crippen LogP contribution in [0.1, 0.15) is 39.5 Å². The van der Waals surface area contributed by atoms with Crippen molar-refractivity contribution in [2.45, 2.75) is 39.5 Å². The third kappa shape index (κ3) is 9.84. The molecule has 0 atom stereocenters. The van der Waals surface area contributed by atoms with Crippen LogP contribution in [0, 0.1) is 5.92 Å². The van der Waals surface area contributed by atoms with Gasteiger partial charge in [0.05, 0.1) is 13.2 Å². The number of ether oxygens (including phenoxy) is 1. The van der Waals surface area contributed by atoms with E-state index in [1.807, 2.05) is 7.05 Å². The Balaban J connectivity index is 0.00000441. The fourth-order valence-electron chi connectivity index (χ4n) is 2.53. The number of morpholine rings is 1. The smallest absolute Gasteiger partial charge is 0.190 e. The average Bonchev–Trinajstić information content (AvgIpc) is 2.54. The lowest BCUT2D eigenvalue weighted by Crippen LogP contribution is -2.40. The molecule has 0 unspecified atom stereocenters. The predicted octanol–water partition coefficient (Wildman–Crippen LogP) is 2.32. The van der Waals surface area contributed by atoms with Gasteiger partial charge in [-0.15, -0.1) is 24.0 Å². The third-order valence-electron chi connectivity index (χ3n) is 4.23. The van der Waals surface area contributed by atoms with Crippen LogP contribution in [0.3, 0.4) is 0 Å². The van der Waals surface area contributed by atoms with Crippen molar-refractivity contribution in [1.29, 1.82) is 0 Å². The van der Waals surface area contributed by atoms with E-state index in [1.54, 1.807) is 0 Å². The molecule has 0 spiro atoms. The molecule has 1 heterocycles. The van der Waals surface area contributed by atoms with Crippen LogP contribution in [0.25, 0.3) is 0 Å². The number of unbranched alkanes of at least 4 members (excludes halogenated alkanes) is 1. The Morgan fingerprint density at radius 1 is 1.14 bits per heavy atom. The van der Waals surface area contributed by atoms with Gasteiger partial charge >= 0.3 is 0 Å². The summed E-state index contributed by atoms with van der Waals surface area (Å²) in [4.78, 5) is 6.77. The molecule has 0 bridgehead atoms. The molecule has 0 amide bonds. The molecule has 1 aliphatic heterocycles. The second-order valence-electron chi connectivity index (χ2n) is 5.72. The Bertz CT molecular complexity index is 279. The first kappa shape index (κ1) is 21.9. The fraction of sp³-hybridized carbons (Fsp3) is 0.938. The van der Waals surface area contributed by atoms with Gasteiger partial charge in [-0.25, -0.2) is 0 Å². The number of hydrogen-bond donors (Lipinski definition) is 2. The van der Waals surface area contributed by atoms with Gasteiger partial charge in [-0.1, -0.05) is 26.7 Å². The van der Waals surface area contributed by atoms with Gasteiger partial charge in [-0.05, 0) is 25.3 Å². The molecule has 0 saturated carbocycles. The van der Waals surface area contributed by atoms with Gasteiger partial charge in [0, 0.05) is 33.2 Å². The Morgan fingerprint density at radius 3 is 2.41 bits per heavy atom. The standard InChI is InChI=1S/C16H34N4O.HI/c1-4-15(5-2)14-19-16(17-3)18-8-6-7-9-20-10-12-21-13-11-20;/h15H,4-14H2,1-3H3,(H2,17,18,19);1H. The topological polar surface area (TPSA) is 48.9 Å². The first-order valence-electron chi connectivity index (χ1n) is 8.54. The minimum Gasteiger partial charge on any atom is -0.379 e. The maximum Gasteiger partial charge on any atom is 0.190 e. The maximum atomic E-state index is 5.36. The number of nitrogens with one attached hydrogen (secondary N) is 2. The summed E-state index contributed by atoms with van der Waals surface area (Å²) >= 11 is 0. The molecule has 0 aromatic carbocycles. The summed E-state index contributed by atoms with van der Waals surface area (Å²) in [6, 6.07) is 0. The van der Waals surface area contributed by atoms with Crippen molar-refractivity contribution in [1.82, 2.24) is 15.5 Å². The molecule has 6 heteroatoms. The lowest BCUT2D eigenvalue weighted by atomic mass is 10.0. The van der Waals surface area contributed by atoms with Gasteiger partial charge in [-0.3, -0.25) is 9.89 Å². The van der Waals surface area contributed by atoms with Crippen molar-refractivity contribution in [3.8, 4) is 0 Å². The predicted molar refractivity (Wildman–Crippen MR) is 105 cm³/mol. The van der Waals surface area contributed by atoms with E-state index in [-0.39, 0.29) is 24.0 Å². The van der Waals surface area contributed by atoms with Gasteiger partial charge in [0.15, 0.2) is 5.96 Å². The molecule has 0 aromatic rings. The van der Waals surface area contributed by atoms with Crippen LogP contribution in [0.2, 0.25) is 0 Å². The summed E-state index contributed by atoms with van der Waals surface area (Å²) in [5.41, 5.74) is 0. The van der Waals surface area contributed by atoms with Crippen molar-refractivity contribution in [2.24, 2.45) is 10.9 Å². The Kier molecular flexibility index (Phi) is 14.5. The maximum absolute atomic E-state index is 5.36. The Labute approximate surface area is 153 Å². The molecule has 22 heavy (non-hydrogen) atoms. The molecule has 0 aromatic heterocycles. The zero-order valence-electron chi connectivity index (χ0n) is 14.6. The van der Waals surface area contributed by atoms with E-state index >= 15 is 0 Å². The van der Waals surface area contributed by atoms with Crippen molar-refractivity contribution < 1.29 is 4.74 Å². The average molecular weight is 426 g/mol. The van der Waals surface area contributed by atoms with Crippen LogP contribution in [0.15, 0.2) is 4.99 Å². The quantitative estimate of drug-likeness (QED) is 0.257. The molecule has 0 radical (unpaired) electrons. The molecule has 1 fully saturated rings. The second-order valence-corrected chi connectivity index (χ2v) is 5.72. The van der Waals surface area contributed by atoms with Crippen LogP contribution in [0.5, 0.6) is 0 Å². The number of aliphatic imine (C=N–C) groups is 1. The highest BCUT2D eigenvalue weighted by atomic mass is 127. The lowest BCUT2D eigenvalue weighted by Gasteiger charge is -2.26. The van der Waals surface area contributed by atoms with Gasteiger partial charge in [0.25, 0.3) is 0 Å². The highest BCUT2D eigenvalue weighted by molar-refractivity contribution is 14.0. The SMILES string of the molecule is CCC(CC)CNC(=NC)NCCCCN1CCOCC1.I. The molecule has 132 valence electrons. The number of nitrogens with zero attached hydrogens (tertiary/aromatic N) is 2. The van der Waals surface area contributed by atoms with Crippen LogP contribution < -0.4 is 10.6 Å². The highest BCUT2D eigenvalue weighted by Gasteiger charge is 2.09. The molecule has 1 aliphatic rings. The summed E-state index contributed by atoms with van der Waals surface area (Å²) in [5.74, 6) is 1.68. The molecule has 2 N–H and O–H groups in total. The van der Waals surface area contributed by atoms with Crippen molar-refractivity contribution in [3.05, 3.63) is 0 Å².